The number of rotatable bonds is 7. The molecule has 4 rings (SSSR count). The molecule has 1 heterocycles. The summed E-state index contributed by atoms with van der Waals surface area (Å²) in [4.78, 5) is 14.5. The molecule has 4 nitrogen and oxygen atoms in total. The van der Waals surface area contributed by atoms with E-state index >= 15 is 0 Å². The van der Waals surface area contributed by atoms with E-state index in [2.05, 4.69) is 35.2 Å². The van der Waals surface area contributed by atoms with Crippen LogP contribution in [0, 0.1) is 0 Å². The van der Waals surface area contributed by atoms with Gasteiger partial charge in [0.25, 0.3) is 0 Å². The number of methoxy groups -OCH3 is 1. The first-order valence-corrected chi connectivity index (χ1v) is 9.31. The maximum absolute atomic E-state index is 12.1. The molecule has 1 fully saturated rings. The number of nitrogens with zero attached hydrogens (tertiary/aromatic N) is 1. The Bertz CT molecular complexity index is 783. The van der Waals surface area contributed by atoms with Gasteiger partial charge in [0, 0.05) is 18.8 Å². The summed E-state index contributed by atoms with van der Waals surface area (Å²) in [7, 11) is 1.48. The molecule has 1 saturated carbocycles. The Labute approximate surface area is 154 Å². The van der Waals surface area contributed by atoms with Gasteiger partial charge >= 0.3 is 5.97 Å². The third-order valence-electron chi connectivity index (χ3n) is 5.57. The Morgan fingerprint density at radius 1 is 1.15 bits per heavy atom. The second-order valence-electron chi connectivity index (χ2n) is 7.19. The maximum atomic E-state index is 12.1. The number of fused-ring (bicyclic) bond motifs is 1. The quantitative estimate of drug-likeness (QED) is 0.566. The third kappa shape index (κ3) is 3.21. The van der Waals surface area contributed by atoms with Gasteiger partial charge in [-0.2, -0.15) is 0 Å². The molecule has 0 saturated heterocycles. The topological polar surface area (TPSA) is 38.8 Å². The Hall–Kier alpha value is -2.33. The van der Waals surface area contributed by atoms with Crippen LogP contribution in [0.1, 0.15) is 29.5 Å². The Morgan fingerprint density at radius 3 is 2.69 bits per heavy atom. The molecule has 0 unspecified atom stereocenters. The van der Waals surface area contributed by atoms with Gasteiger partial charge in [0.05, 0.1) is 25.7 Å². The minimum absolute atomic E-state index is 0.0957. The first kappa shape index (κ1) is 17.1. The lowest BCUT2D eigenvalue weighted by molar-refractivity contribution is -0.143. The van der Waals surface area contributed by atoms with Crippen molar-refractivity contribution >= 4 is 11.7 Å². The van der Waals surface area contributed by atoms with Crippen LogP contribution in [-0.2, 0) is 32.7 Å². The van der Waals surface area contributed by atoms with Crippen molar-refractivity contribution in [2.45, 2.75) is 31.3 Å². The van der Waals surface area contributed by atoms with Crippen molar-refractivity contribution in [3.8, 4) is 0 Å². The van der Waals surface area contributed by atoms with Crippen molar-refractivity contribution in [2.24, 2.45) is 0 Å². The minimum atomic E-state index is -0.379. The van der Waals surface area contributed by atoms with Gasteiger partial charge in [-0.25, -0.2) is 0 Å². The number of hydrogen-bond donors (Lipinski definition) is 0. The second-order valence-corrected chi connectivity index (χ2v) is 7.19. The van der Waals surface area contributed by atoms with E-state index < -0.39 is 0 Å². The van der Waals surface area contributed by atoms with Crippen molar-refractivity contribution in [3.63, 3.8) is 0 Å². The zero-order chi connectivity index (χ0) is 18.0. The van der Waals surface area contributed by atoms with Gasteiger partial charge in [0.15, 0.2) is 0 Å². The fraction of sp³-hybridized carbons (Fsp3) is 0.409. The number of esters is 1. The Balaban J connectivity index is 1.35. The molecule has 0 atom stereocenters. The summed E-state index contributed by atoms with van der Waals surface area (Å²) < 4.78 is 10.8. The lowest BCUT2D eigenvalue weighted by atomic mass is 9.93. The molecule has 4 heteroatoms. The van der Waals surface area contributed by atoms with Crippen LogP contribution in [0.3, 0.4) is 0 Å². The van der Waals surface area contributed by atoms with Crippen molar-refractivity contribution in [1.29, 1.82) is 0 Å². The summed E-state index contributed by atoms with van der Waals surface area (Å²) in [5, 5.41) is 0. The predicted molar refractivity (Wildman–Crippen MR) is 101 cm³/mol. The average molecular weight is 351 g/mol. The molecule has 0 bridgehead atoms. The van der Waals surface area contributed by atoms with Crippen LogP contribution >= 0.6 is 0 Å². The maximum Gasteiger partial charge on any atom is 0.316 e. The highest BCUT2D eigenvalue weighted by Gasteiger charge is 2.52. The fourth-order valence-corrected chi connectivity index (χ4v) is 3.87. The zero-order valence-electron chi connectivity index (χ0n) is 15.2. The molecule has 0 N–H and O–H groups in total. The van der Waals surface area contributed by atoms with E-state index in [1.807, 2.05) is 18.2 Å². The predicted octanol–water partition coefficient (Wildman–Crippen LogP) is 3.47. The third-order valence-corrected chi connectivity index (χ3v) is 5.57. The fourth-order valence-electron chi connectivity index (χ4n) is 3.87. The van der Waals surface area contributed by atoms with Crippen molar-refractivity contribution < 1.29 is 14.3 Å². The van der Waals surface area contributed by atoms with E-state index in [9.17, 15) is 4.79 Å². The SMILES string of the molecule is COC(=O)C1(c2ccc3c(c2)CCN3CCOCc2ccccc2)CC1. The minimum Gasteiger partial charge on any atom is -0.468 e. The van der Waals surface area contributed by atoms with Crippen LogP contribution in [-0.4, -0.2) is 32.8 Å². The molecular formula is C22H25NO3. The molecule has 0 radical (unpaired) electrons. The second kappa shape index (κ2) is 7.12. The van der Waals surface area contributed by atoms with E-state index in [0.29, 0.717) is 13.2 Å². The number of carbonyl (C=O) groups excluding carboxylic acids is 1. The van der Waals surface area contributed by atoms with E-state index in [1.54, 1.807) is 0 Å². The van der Waals surface area contributed by atoms with Gasteiger partial charge in [0.2, 0.25) is 0 Å². The highest BCUT2D eigenvalue weighted by atomic mass is 16.5. The van der Waals surface area contributed by atoms with E-state index in [1.165, 1.54) is 23.9 Å². The summed E-state index contributed by atoms with van der Waals surface area (Å²) in [6.45, 7) is 3.27. The summed E-state index contributed by atoms with van der Waals surface area (Å²) in [5.41, 5.74) is 4.55. The monoisotopic (exact) mass is 351 g/mol. The molecule has 1 aliphatic carbocycles. The van der Waals surface area contributed by atoms with Gasteiger partial charge in [-0.1, -0.05) is 42.5 Å². The molecule has 2 aromatic carbocycles. The smallest absolute Gasteiger partial charge is 0.316 e. The van der Waals surface area contributed by atoms with Crippen LogP contribution in [0.4, 0.5) is 5.69 Å². The van der Waals surface area contributed by atoms with E-state index in [0.717, 1.165) is 37.9 Å². The molecule has 0 aromatic heterocycles. The van der Waals surface area contributed by atoms with Crippen LogP contribution in [0.2, 0.25) is 0 Å². The number of benzene rings is 2. The molecule has 0 spiro atoms. The standard InChI is InChI=1S/C22H25NO3/c1-25-21(24)22(10-11-22)19-7-8-20-18(15-19)9-12-23(20)13-14-26-16-17-5-3-2-4-6-17/h2-8,15H,9-14,16H2,1H3. The van der Waals surface area contributed by atoms with Crippen molar-refractivity contribution in [3.05, 3.63) is 65.2 Å². The van der Waals surface area contributed by atoms with E-state index in [-0.39, 0.29) is 11.4 Å². The van der Waals surface area contributed by atoms with E-state index in [4.69, 9.17) is 9.47 Å². The molecular weight excluding hydrogens is 326 g/mol. The van der Waals surface area contributed by atoms with Gasteiger partial charge < -0.3 is 14.4 Å². The van der Waals surface area contributed by atoms with Crippen molar-refractivity contribution in [1.82, 2.24) is 0 Å². The molecule has 26 heavy (non-hydrogen) atoms. The summed E-state index contributed by atoms with van der Waals surface area (Å²) in [5.74, 6) is -0.0957. The first-order chi connectivity index (χ1) is 12.7. The number of anilines is 1. The van der Waals surface area contributed by atoms with Crippen LogP contribution in [0.5, 0.6) is 0 Å². The Morgan fingerprint density at radius 2 is 1.96 bits per heavy atom. The van der Waals surface area contributed by atoms with Crippen LogP contribution in [0.15, 0.2) is 48.5 Å². The van der Waals surface area contributed by atoms with Crippen molar-refractivity contribution in [2.75, 3.05) is 31.7 Å². The summed E-state index contributed by atoms with van der Waals surface area (Å²) in [6, 6.07) is 16.7. The van der Waals surface area contributed by atoms with Gasteiger partial charge in [-0.05, 0) is 42.0 Å². The first-order valence-electron chi connectivity index (χ1n) is 9.31. The molecule has 2 aromatic rings. The molecule has 136 valence electrons. The highest BCUT2D eigenvalue weighted by Crippen LogP contribution is 2.50. The van der Waals surface area contributed by atoms with Gasteiger partial charge in [0.1, 0.15) is 0 Å². The summed E-state index contributed by atoms with van der Waals surface area (Å²) in [6.07, 6.45) is 2.82. The highest BCUT2D eigenvalue weighted by molar-refractivity contribution is 5.87. The number of ether oxygens (including phenoxy) is 2. The Kier molecular flexibility index (Phi) is 4.68. The number of hydrogen-bond acceptors (Lipinski definition) is 4. The molecule has 2 aliphatic rings. The molecule has 1 aliphatic heterocycles. The molecule has 0 amide bonds. The van der Waals surface area contributed by atoms with Crippen LogP contribution in [0.25, 0.3) is 0 Å². The average Bonchev–Trinajstić information content (AvgIpc) is 3.41. The zero-order valence-corrected chi connectivity index (χ0v) is 15.2. The number of carbonyl (C=O) groups is 1. The van der Waals surface area contributed by atoms with Crippen LogP contribution < -0.4 is 4.90 Å². The normalized spacial score (nSPS) is 17.0. The lowest BCUT2D eigenvalue weighted by Crippen LogP contribution is -2.25. The lowest BCUT2D eigenvalue weighted by Gasteiger charge is -2.20. The van der Waals surface area contributed by atoms with Gasteiger partial charge in [-0.3, -0.25) is 4.79 Å². The largest absolute Gasteiger partial charge is 0.468 e. The van der Waals surface area contributed by atoms with Gasteiger partial charge in [-0.15, -0.1) is 0 Å². The summed E-state index contributed by atoms with van der Waals surface area (Å²) >= 11 is 0.